The van der Waals surface area contributed by atoms with E-state index in [-0.39, 0.29) is 22.8 Å². The number of rotatable bonds is 6. The van der Waals surface area contributed by atoms with Crippen molar-refractivity contribution in [1.29, 1.82) is 0 Å². The summed E-state index contributed by atoms with van der Waals surface area (Å²) >= 11 is 3.04. The van der Waals surface area contributed by atoms with E-state index in [2.05, 4.69) is 33.2 Å². The molecule has 1 atom stereocenters. The Hall–Kier alpha value is -2.15. The lowest BCUT2D eigenvalue weighted by molar-refractivity contribution is -0.121. The van der Waals surface area contributed by atoms with E-state index in [1.54, 1.807) is 0 Å². The normalized spacial score (nSPS) is 11.9. The molecular weight excluding hydrogens is 362 g/mol. The molecule has 0 aliphatic heterocycles. The van der Waals surface area contributed by atoms with Gasteiger partial charge in [-0.1, -0.05) is 37.3 Å². The summed E-state index contributed by atoms with van der Waals surface area (Å²) in [5.41, 5.74) is 0.0458. The van der Waals surface area contributed by atoms with Crippen molar-refractivity contribution in [3.63, 3.8) is 0 Å². The molecule has 0 aliphatic rings. The Bertz CT molecular complexity index is 783. The van der Waals surface area contributed by atoms with Gasteiger partial charge in [-0.05, 0) is 27.9 Å². The summed E-state index contributed by atoms with van der Waals surface area (Å²) in [5.74, 6) is -0.0559. The van der Waals surface area contributed by atoms with Crippen LogP contribution in [0.4, 0.5) is 0 Å². The van der Waals surface area contributed by atoms with E-state index >= 15 is 0 Å². The SMILES string of the molecule is CC[C@@H](CNC(=O)Cn1cc(Br)c(=O)[nH]c1=O)c1ccccc1. The Morgan fingerprint density at radius 1 is 1.30 bits per heavy atom. The molecule has 0 radical (unpaired) electrons. The third-order valence-corrected chi connectivity index (χ3v) is 4.16. The van der Waals surface area contributed by atoms with Gasteiger partial charge in [-0.25, -0.2) is 4.79 Å². The first-order valence-electron chi connectivity index (χ1n) is 7.32. The predicted molar refractivity (Wildman–Crippen MR) is 91.5 cm³/mol. The van der Waals surface area contributed by atoms with Gasteiger partial charge in [0, 0.05) is 18.7 Å². The number of benzene rings is 1. The maximum Gasteiger partial charge on any atom is 0.328 e. The summed E-state index contributed by atoms with van der Waals surface area (Å²) < 4.78 is 1.37. The average Bonchev–Trinajstić information content (AvgIpc) is 2.54. The first kappa shape index (κ1) is 17.2. The van der Waals surface area contributed by atoms with Gasteiger partial charge in [-0.3, -0.25) is 19.1 Å². The summed E-state index contributed by atoms with van der Waals surface area (Å²) in [5, 5.41) is 2.84. The fraction of sp³-hybridized carbons (Fsp3) is 0.312. The molecule has 0 spiro atoms. The number of carbonyl (C=O) groups is 1. The average molecular weight is 380 g/mol. The molecule has 2 rings (SSSR count). The van der Waals surface area contributed by atoms with E-state index in [0.29, 0.717) is 6.54 Å². The molecule has 0 bridgehead atoms. The number of carbonyl (C=O) groups excluding carboxylic acids is 1. The van der Waals surface area contributed by atoms with E-state index in [9.17, 15) is 14.4 Å². The Kier molecular flexibility index (Phi) is 5.92. The molecule has 23 heavy (non-hydrogen) atoms. The van der Waals surface area contributed by atoms with Crippen LogP contribution in [-0.4, -0.2) is 22.0 Å². The van der Waals surface area contributed by atoms with Gasteiger partial charge in [0.25, 0.3) is 5.56 Å². The second-order valence-electron chi connectivity index (χ2n) is 5.18. The molecule has 2 aromatic rings. The second kappa shape index (κ2) is 7.92. The number of hydrogen-bond donors (Lipinski definition) is 2. The summed E-state index contributed by atoms with van der Waals surface area (Å²) in [6, 6.07) is 9.96. The molecule has 0 saturated heterocycles. The zero-order valence-electron chi connectivity index (χ0n) is 12.7. The van der Waals surface area contributed by atoms with Crippen LogP contribution in [0, 0.1) is 0 Å². The summed E-state index contributed by atoms with van der Waals surface area (Å²) in [7, 11) is 0. The van der Waals surface area contributed by atoms with Gasteiger partial charge in [0.2, 0.25) is 5.91 Å². The van der Waals surface area contributed by atoms with Crippen LogP contribution in [0.15, 0.2) is 50.6 Å². The molecular formula is C16H18BrN3O3. The molecule has 1 aromatic carbocycles. The molecule has 0 fully saturated rings. The quantitative estimate of drug-likeness (QED) is 0.799. The molecule has 1 aromatic heterocycles. The van der Waals surface area contributed by atoms with Crippen molar-refractivity contribution in [3.8, 4) is 0 Å². The van der Waals surface area contributed by atoms with Crippen molar-refractivity contribution in [3.05, 3.63) is 67.4 Å². The van der Waals surface area contributed by atoms with E-state index in [1.165, 1.54) is 11.8 Å². The number of aromatic amines is 1. The van der Waals surface area contributed by atoms with Gasteiger partial charge in [0.15, 0.2) is 0 Å². The number of nitrogens with zero attached hydrogens (tertiary/aromatic N) is 1. The Labute approximate surface area is 141 Å². The Morgan fingerprint density at radius 3 is 2.65 bits per heavy atom. The summed E-state index contributed by atoms with van der Waals surface area (Å²) in [6.45, 7) is 2.42. The molecule has 0 unspecified atom stereocenters. The number of amides is 1. The number of aromatic nitrogens is 2. The highest BCUT2D eigenvalue weighted by molar-refractivity contribution is 9.10. The molecule has 1 amide bonds. The van der Waals surface area contributed by atoms with Gasteiger partial charge in [-0.2, -0.15) is 0 Å². The number of halogens is 1. The Morgan fingerprint density at radius 2 is 2.00 bits per heavy atom. The van der Waals surface area contributed by atoms with Crippen LogP contribution in [0.5, 0.6) is 0 Å². The fourth-order valence-corrected chi connectivity index (χ4v) is 2.62. The van der Waals surface area contributed by atoms with Crippen molar-refractivity contribution >= 4 is 21.8 Å². The third kappa shape index (κ3) is 4.66. The first-order valence-corrected chi connectivity index (χ1v) is 8.11. The van der Waals surface area contributed by atoms with Crippen LogP contribution in [0.25, 0.3) is 0 Å². The highest BCUT2D eigenvalue weighted by atomic mass is 79.9. The molecule has 0 aliphatic carbocycles. The predicted octanol–water partition coefficient (Wildman–Crippen LogP) is 1.61. The van der Waals surface area contributed by atoms with Gasteiger partial charge < -0.3 is 5.32 Å². The molecule has 122 valence electrons. The van der Waals surface area contributed by atoms with Crippen molar-refractivity contribution in [1.82, 2.24) is 14.9 Å². The topological polar surface area (TPSA) is 84.0 Å². The molecule has 6 nitrogen and oxygen atoms in total. The van der Waals surface area contributed by atoms with E-state index in [4.69, 9.17) is 0 Å². The van der Waals surface area contributed by atoms with Crippen molar-refractivity contribution in [2.45, 2.75) is 25.8 Å². The van der Waals surface area contributed by atoms with Crippen LogP contribution in [0.2, 0.25) is 0 Å². The van der Waals surface area contributed by atoms with Crippen molar-refractivity contribution in [2.75, 3.05) is 6.54 Å². The number of H-pyrrole nitrogens is 1. The lowest BCUT2D eigenvalue weighted by Gasteiger charge is -2.16. The number of hydrogen-bond acceptors (Lipinski definition) is 3. The van der Waals surface area contributed by atoms with E-state index in [1.807, 2.05) is 30.3 Å². The zero-order valence-corrected chi connectivity index (χ0v) is 14.3. The third-order valence-electron chi connectivity index (χ3n) is 3.59. The van der Waals surface area contributed by atoms with Crippen LogP contribution in [0.1, 0.15) is 24.8 Å². The minimum absolute atomic E-state index is 0.139. The Balaban J connectivity index is 1.99. The van der Waals surface area contributed by atoms with E-state index < -0.39 is 11.2 Å². The highest BCUT2D eigenvalue weighted by Gasteiger charge is 2.12. The summed E-state index contributed by atoms with van der Waals surface area (Å²) in [4.78, 5) is 37.1. The van der Waals surface area contributed by atoms with Crippen molar-refractivity contribution < 1.29 is 4.79 Å². The minimum atomic E-state index is -0.608. The molecule has 1 heterocycles. The first-order chi connectivity index (χ1) is 11.0. The monoisotopic (exact) mass is 379 g/mol. The van der Waals surface area contributed by atoms with Crippen LogP contribution in [0.3, 0.4) is 0 Å². The van der Waals surface area contributed by atoms with Gasteiger partial charge in [0.05, 0.1) is 4.47 Å². The minimum Gasteiger partial charge on any atom is -0.354 e. The van der Waals surface area contributed by atoms with Gasteiger partial charge in [0.1, 0.15) is 6.54 Å². The second-order valence-corrected chi connectivity index (χ2v) is 6.04. The van der Waals surface area contributed by atoms with E-state index in [0.717, 1.165) is 11.0 Å². The lowest BCUT2D eigenvalue weighted by Crippen LogP contribution is -2.37. The molecule has 2 N–H and O–H groups in total. The van der Waals surface area contributed by atoms with Crippen molar-refractivity contribution in [2.24, 2.45) is 0 Å². The maximum absolute atomic E-state index is 12.0. The standard InChI is InChI=1S/C16H18BrN3O3/c1-2-11(12-6-4-3-5-7-12)8-18-14(21)10-20-9-13(17)15(22)19-16(20)23/h3-7,9,11H,2,8,10H2,1H3,(H,18,21)(H,19,22,23)/t11-/m0/s1. The smallest absolute Gasteiger partial charge is 0.328 e. The fourth-order valence-electron chi connectivity index (χ4n) is 2.27. The lowest BCUT2D eigenvalue weighted by atomic mass is 9.96. The van der Waals surface area contributed by atoms with Crippen LogP contribution < -0.4 is 16.6 Å². The van der Waals surface area contributed by atoms with Gasteiger partial charge in [-0.15, -0.1) is 0 Å². The van der Waals surface area contributed by atoms with Gasteiger partial charge >= 0.3 is 5.69 Å². The summed E-state index contributed by atoms with van der Waals surface area (Å²) in [6.07, 6.45) is 2.21. The zero-order chi connectivity index (χ0) is 16.8. The largest absolute Gasteiger partial charge is 0.354 e. The number of nitrogens with one attached hydrogen (secondary N) is 2. The molecule has 0 saturated carbocycles. The maximum atomic E-state index is 12.0. The highest BCUT2D eigenvalue weighted by Crippen LogP contribution is 2.17. The van der Waals surface area contributed by atoms with Crippen LogP contribution >= 0.6 is 15.9 Å². The van der Waals surface area contributed by atoms with Crippen LogP contribution in [-0.2, 0) is 11.3 Å². The molecule has 7 heteroatoms.